The maximum absolute atomic E-state index is 12.2. The topological polar surface area (TPSA) is 108 Å². The molecule has 12 heavy (non-hydrogen) atoms. The summed E-state index contributed by atoms with van der Waals surface area (Å²) in [6.07, 6.45) is -1.42. The van der Waals surface area contributed by atoms with Crippen LogP contribution in [-0.2, 0) is 9.59 Å². The van der Waals surface area contributed by atoms with Gasteiger partial charge in [-0.25, -0.2) is 0 Å². The lowest BCUT2D eigenvalue weighted by molar-refractivity contribution is -0.445. The first-order chi connectivity index (χ1) is 5.27. The molecule has 0 aliphatic heterocycles. The number of carbonyl (C=O) groups excluding carboxylic acids is 2. The van der Waals surface area contributed by atoms with E-state index in [4.69, 9.17) is 0 Å². The highest BCUT2D eigenvalue weighted by atomic mass is 19.3. The largest absolute Gasteiger partial charge is 0.544 e. The Morgan fingerprint density at radius 2 is 1.83 bits per heavy atom. The standard InChI is InChI=1S/C5H7F2NO4/c6-5(7,4(11)12)1-2(8)3(9)10/h2H,1,8H2,(H,9,10)(H,11,12)/p-1/t2-/m1/s1. The lowest BCUT2D eigenvalue weighted by atomic mass is 10.1. The summed E-state index contributed by atoms with van der Waals surface area (Å²) in [7, 11) is 0. The normalized spacial score (nSPS) is 13.9. The second-order valence-electron chi connectivity index (χ2n) is 2.21. The highest BCUT2D eigenvalue weighted by molar-refractivity contribution is 5.75. The van der Waals surface area contributed by atoms with E-state index in [0.717, 1.165) is 0 Å². The van der Waals surface area contributed by atoms with Crippen LogP contribution < -0.4 is 15.9 Å². The summed E-state index contributed by atoms with van der Waals surface area (Å²) in [6.45, 7) is 0. The monoisotopic (exact) mass is 182 g/mol. The molecular formula is C5H6F2NO4-. The van der Waals surface area contributed by atoms with Crippen LogP contribution in [0.4, 0.5) is 8.78 Å². The SMILES string of the molecule is [NH3+][C@H](CC(F)(F)C(=O)[O-])C(=O)[O-]. The molecule has 3 N–H and O–H groups in total. The molecule has 0 radical (unpaired) electrons. The second kappa shape index (κ2) is 3.44. The van der Waals surface area contributed by atoms with Crippen LogP contribution in [0.1, 0.15) is 6.42 Å². The van der Waals surface area contributed by atoms with Gasteiger partial charge >= 0.3 is 0 Å². The van der Waals surface area contributed by atoms with Crippen LogP contribution in [0.2, 0.25) is 0 Å². The average Bonchev–Trinajstić information content (AvgIpc) is 1.85. The summed E-state index contributed by atoms with van der Waals surface area (Å²) < 4.78 is 24.3. The highest BCUT2D eigenvalue weighted by Crippen LogP contribution is 2.17. The number of alkyl halides is 2. The van der Waals surface area contributed by atoms with Crippen molar-refractivity contribution in [2.24, 2.45) is 0 Å². The van der Waals surface area contributed by atoms with E-state index in [0.29, 0.717) is 0 Å². The van der Waals surface area contributed by atoms with Crippen LogP contribution in [0.15, 0.2) is 0 Å². The molecule has 7 heteroatoms. The molecule has 1 atom stereocenters. The minimum Gasteiger partial charge on any atom is -0.544 e. The quantitative estimate of drug-likeness (QED) is 0.479. The first-order valence-electron chi connectivity index (χ1n) is 2.90. The molecule has 0 saturated heterocycles. The maximum Gasteiger partial charge on any atom is 0.293 e. The lowest BCUT2D eigenvalue weighted by Crippen LogP contribution is -2.70. The Balaban J connectivity index is 4.24. The van der Waals surface area contributed by atoms with Gasteiger partial charge in [0, 0.05) is 0 Å². The van der Waals surface area contributed by atoms with Crippen molar-refractivity contribution in [3.8, 4) is 0 Å². The fraction of sp³-hybridized carbons (Fsp3) is 0.600. The van der Waals surface area contributed by atoms with Gasteiger partial charge in [-0.1, -0.05) is 0 Å². The van der Waals surface area contributed by atoms with E-state index in [2.05, 4.69) is 5.73 Å². The fourth-order valence-corrected chi connectivity index (χ4v) is 0.476. The third-order valence-electron chi connectivity index (χ3n) is 1.13. The Morgan fingerprint density at radius 1 is 1.42 bits per heavy atom. The van der Waals surface area contributed by atoms with Gasteiger partial charge in [-0.3, -0.25) is 0 Å². The number of carboxylic acids is 2. The highest BCUT2D eigenvalue weighted by Gasteiger charge is 2.35. The predicted octanol–water partition coefficient (Wildman–Crippen LogP) is -3.88. The number of hydrogen-bond donors (Lipinski definition) is 1. The van der Waals surface area contributed by atoms with Crippen LogP contribution in [-0.4, -0.2) is 23.9 Å². The van der Waals surface area contributed by atoms with Crippen molar-refractivity contribution in [2.45, 2.75) is 18.4 Å². The molecule has 0 aromatic heterocycles. The van der Waals surface area contributed by atoms with Crippen LogP contribution in [0, 0.1) is 0 Å². The molecule has 0 heterocycles. The van der Waals surface area contributed by atoms with Gasteiger partial charge in [-0.15, -0.1) is 0 Å². The van der Waals surface area contributed by atoms with Crippen LogP contribution in [0.25, 0.3) is 0 Å². The van der Waals surface area contributed by atoms with Crippen molar-refractivity contribution in [3.63, 3.8) is 0 Å². The molecule has 70 valence electrons. The summed E-state index contributed by atoms with van der Waals surface area (Å²) >= 11 is 0. The van der Waals surface area contributed by atoms with Gasteiger partial charge < -0.3 is 25.5 Å². The van der Waals surface area contributed by atoms with E-state index in [1.54, 1.807) is 0 Å². The molecule has 0 rings (SSSR count). The van der Waals surface area contributed by atoms with Gasteiger partial charge in [0.25, 0.3) is 5.92 Å². The van der Waals surface area contributed by atoms with Crippen LogP contribution in [0.5, 0.6) is 0 Å². The molecule has 0 spiro atoms. The maximum atomic E-state index is 12.2. The molecule has 0 fully saturated rings. The average molecular weight is 182 g/mol. The molecule has 5 nitrogen and oxygen atoms in total. The molecule has 0 aliphatic carbocycles. The van der Waals surface area contributed by atoms with E-state index in [9.17, 15) is 28.6 Å². The van der Waals surface area contributed by atoms with Crippen molar-refractivity contribution in [3.05, 3.63) is 0 Å². The molecule has 0 aromatic carbocycles. The Morgan fingerprint density at radius 3 is 2.08 bits per heavy atom. The molecule has 0 amide bonds. The number of hydrogen-bond acceptors (Lipinski definition) is 4. The molecule has 0 unspecified atom stereocenters. The van der Waals surface area contributed by atoms with Crippen molar-refractivity contribution in [2.75, 3.05) is 0 Å². The van der Waals surface area contributed by atoms with Gasteiger partial charge in [0.2, 0.25) is 0 Å². The zero-order valence-electron chi connectivity index (χ0n) is 5.88. The van der Waals surface area contributed by atoms with E-state index in [1.807, 2.05) is 0 Å². The third-order valence-corrected chi connectivity index (χ3v) is 1.13. The smallest absolute Gasteiger partial charge is 0.293 e. The fourth-order valence-electron chi connectivity index (χ4n) is 0.476. The van der Waals surface area contributed by atoms with Crippen LogP contribution >= 0.6 is 0 Å². The number of rotatable bonds is 4. The zero-order valence-corrected chi connectivity index (χ0v) is 5.88. The van der Waals surface area contributed by atoms with Gasteiger partial charge in [0.05, 0.1) is 12.4 Å². The summed E-state index contributed by atoms with van der Waals surface area (Å²) in [5.41, 5.74) is 2.77. The molecule has 0 bridgehead atoms. The first kappa shape index (κ1) is 10.8. The minimum atomic E-state index is -4.17. The second-order valence-corrected chi connectivity index (χ2v) is 2.21. The van der Waals surface area contributed by atoms with Crippen molar-refractivity contribution >= 4 is 11.9 Å². The van der Waals surface area contributed by atoms with Gasteiger partial charge in [0.1, 0.15) is 12.0 Å². The van der Waals surface area contributed by atoms with E-state index in [1.165, 1.54) is 0 Å². The lowest BCUT2D eigenvalue weighted by Gasteiger charge is -2.19. The van der Waals surface area contributed by atoms with E-state index < -0.39 is 30.3 Å². The molecule has 0 aliphatic rings. The number of carbonyl (C=O) groups is 2. The Bertz CT molecular complexity index is 206. The van der Waals surface area contributed by atoms with Crippen LogP contribution in [0.3, 0.4) is 0 Å². The summed E-state index contributed by atoms with van der Waals surface area (Å²) in [5, 5.41) is 19.6. The van der Waals surface area contributed by atoms with Gasteiger partial charge in [0.15, 0.2) is 0 Å². The predicted molar refractivity (Wildman–Crippen MR) is 26.3 cm³/mol. The number of carboxylic acid groups (broad SMARTS) is 2. The van der Waals surface area contributed by atoms with Crippen molar-refractivity contribution in [1.29, 1.82) is 0 Å². The third kappa shape index (κ3) is 2.79. The van der Waals surface area contributed by atoms with E-state index >= 15 is 0 Å². The molecule has 0 aromatic rings. The van der Waals surface area contributed by atoms with Crippen molar-refractivity contribution < 1.29 is 34.3 Å². The molecule has 0 saturated carbocycles. The number of aliphatic carboxylic acids is 2. The minimum absolute atomic E-state index is 1.42. The Labute approximate surface area is 65.8 Å². The Kier molecular flexibility index (Phi) is 3.08. The molecular weight excluding hydrogens is 176 g/mol. The zero-order chi connectivity index (χ0) is 9.94. The number of quaternary nitrogens is 1. The van der Waals surface area contributed by atoms with Gasteiger partial charge in [-0.2, -0.15) is 8.78 Å². The Hall–Kier alpha value is -1.24. The van der Waals surface area contributed by atoms with E-state index in [-0.39, 0.29) is 0 Å². The summed E-state index contributed by atoms with van der Waals surface area (Å²) in [4.78, 5) is 19.6. The number of halogens is 2. The summed E-state index contributed by atoms with van der Waals surface area (Å²) in [5.74, 6) is -8.61. The first-order valence-corrected chi connectivity index (χ1v) is 2.90. The van der Waals surface area contributed by atoms with Gasteiger partial charge in [-0.05, 0) is 0 Å². The summed E-state index contributed by atoms with van der Waals surface area (Å²) in [6, 6.07) is -1.77. The van der Waals surface area contributed by atoms with Crippen molar-refractivity contribution in [1.82, 2.24) is 0 Å².